The number of amides is 1. The van der Waals surface area contributed by atoms with Crippen LogP contribution in [0, 0.1) is 11.3 Å². The Labute approximate surface area is 101 Å². The summed E-state index contributed by atoms with van der Waals surface area (Å²) in [6.45, 7) is 3.04. The van der Waals surface area contributed by atoms with Crippen molar-refractivity contribution in [3.63, 3.8) is 0 Å². The molecule has 0 spiro atoms. The van der Waals surface area contributed by atoms with Crippen LogP contribution in [0.5, 0.6) is 0 Å². The van der Waals surface area contributed by atoms with Crippen molar-refractivity contribution >= 4 is 5.91 Å². The average Bonchev–Trinajstić information content (AvgIpc) is 1.65. The fraction of sp³-hybridized carbons (Fsp3) is 0. The van der Waals surface area contributed by atoms with Gasteiger partial charge in [0.2, 0.25) is 0 Å². The summed E-state index contributed by atoms with van der Waals surface area (Å²) in [5.41, 5.74) is 4.38. The number of hydrogen-bond donors (Lipinski definition) is 1. The molecule has 2 N–H and O–H groups in total. The summed E-state index contributed by atoms with van der Waals surface area (Å²) in [6, 6.07) is 1.50. The first-order valence-corrected chi connectivity index (χ1v) is 1.57. The summed E-state index contributed by atoms with van der Waals surface area (Å²) in [4.78, 5) is 9.83. The van der Waals surface area contributed by atoms with E-state index in [2.05, 4.69) is 12.3 Å². The smallest absolute Gasteiger partial charge is 1.00 e. The minimum atomic E-state index is -0.762. The van der Waals surface area contributed by atoms with Gasteiger partial charge >= 0.3 is 59.1 Å². The van der Waals surface area contributed by atoms with Crippen LogP contribution in [0.1, 0.15) is 2.85 Å². The number of hydrogen-bond acceptors (Lipinski definition) is 2. The number of nitrogens with two attached hydrogens (primary N) is 1. The number of carbonyl (C=O) groups excluding carboxylic acids is 1. The Hall–Kier alpha value is 0.700. The number of primary amides is 1. The molecule has 0 aliphatic rings. The van der Waals surface area contributed by atoms with Crippen molar-refractivity contribution < 1.29 is 66.8 Å². The summed E-state index contributed by atoms with van der Waals surface area (Å²) in [7, 11) is 0. The standard InChI is InChI=1S/C4H4N2O.2Na.2H/c1-3(2-5)4(6)7;;;;/h1H2,(H2,6,7);;;;/q;2*+1;2*-1. The fourth-order valence-corrected chi connectivity index (χ4v) is 0.0551. The maximum Gasteiger partial charge on any atom is 1.00 e. The number of rotatable bonds is 1. The zero-order valence-corrected chi connectivity index (χ0v) is 9.64. The van der Waals surface area contributed by atoms with Gasteiger partial charge in [0.15, 0.2) is 0 Å². The Morgan fingerprint density at radius 1 is 1.67 bits per heavy atom. The molecule has 3 nitrogen and oxygen atoms in total. The Kier molecular flexibility index (Phi) is 15.8. The van der Waals surface area contributed by atoms with E-state index in [1.165, 1.54) is 6.07 Å². The van der Waals surface area contributed by atoms with Crippen LogP contribution in [-0.4, -0.2) is 5.91 Å². The van der Waals surface area contributed by atoms with Gasteiger partial charge in [-0.2, -0.15) is 5.26 Å². The van der Waals surface area contributed by atoms with E-state index in [0.29, 0.717) is 0 Å². The van der Waals surface area contributed by atoms with E-state index in [1.54, 1.807) is 0 Å². The molecule has 0 aromatic carbocycles. The van der Waals surface area contributed by atoms with Gasteiger partial charge in [-0.1, -0.05) is 6.58 Å². The Bertz CT molecular complexity index is 157. The molecule has 40 valence electrons. The molecule has 0 saturated heterocycles. The molecule has 0 heterocycles. The molecule has 0 aliphatic heterocycles. The van der Waals surface area contributed by atoms with Gasteiger partial charge in [-0.3, -0.25) is 4.79 Å². The molecular weight excluding hydrogens is 138 g/mol. The first kappa shape index (κ1) is 16.4. The Balaban J connectivity index is -0.0000000300. The molecule has 9 heavy (non-hydrogen) atoms. The van der Waals surface area contributed by atoms with Gasteiger partial charge in [0, 0.05) is 0 Å². The van der Waals surface area contributed by atoms with E-state index >= 15 is 0 Å². The minimum absolute atomic E-state index is 0. The van der Waals surface area contributed by atoms with Gasteiger partial charge < -0.3 is 8.59 Å². The van der Waals surface area contributed by atoms with Crippen molar-refractivity contribution in [2.75, 3.05) is 0 Å². The summed E-state index contributed by atoms with van der Waals surface area (Å²) in [6.07, 6.45) is 0. The van der Waals surface area contributed by atoms with E-state index in [0.717, 1.165) is 0 Å². The fourth-order valence-electron chi connectivity index (χ4n) is 0.0551. The van der Waals surface area contributed by atoms with Gasteiger partial charge in [0.05, 0.1) is 0 Å². The maximum atomic E-state index is 9.83. The molecule has 0 aliphatic carbocycles. The Morgan fingerprint density at radius 3 is 2.00 bits per heavy atom. The van der Waals surface area contributed by atoms with E-state index in [9.17, 15) is 4.79 Å². The molecule has 0 saturated carbocycles. The predicted molar refractivity (Wildman–Crippen MR) is 26.2 cm³/mol. The summed E-state index contributed by atoms with van der Waals surface area (Å²) >= 11 is 0. The van der Waals surface area contributed by atoms with E-state index in [-0.39, 0.29) is 67.5 Å². The van der Waals surface area contributed by atoms with Crippen molar-refractivity contribution in [1.82, 2.24) is 0 Å². The van der Waals surface area contributed by atoms with Gasteiger partial charge in [0.1, 0.15) is 11.6 Å². The summed E-state index contributed by atoms with van der Waals surface area (Å²) < 4.78 is 0. The molecule has 0 atom stereocenters. The second-order valence-corrected chi connectivity index (χ2v) is 0.955. The second-order valence-electron chi connectivity index (χ2n) is 0.955. The van der Waals surface area contributed by atoms with Gasteiger partial charge in [-0.25, -0.2) is 0 Å². The van der Waals surface area contributed by atoms with Crippen molar-refractivity contribution in [3.05, 3.63) is 12.2 Å². The molecule has 0 unspecified atom stereocenters. The molecule has 1 amide bonds. The second kappa shape index (κ2) is 8.70. The normalized spacial score (nSPS) is 5.22. The van der Waals surface area contributed by atoms with Crippen LogP contribution >= 0.6 is 0 Å². The van der Waals surface area contributed by atoms with Crippen LogP contribution in [0.15, 0.2) is 12.2 Å². The molecule has 0 aromatic heterocycles. The van der Waals surface area contributed by atoms with Crippen LogP contribution in [0.25, 0.3) is 0 Å². The van der Waals surface area contributed by atoms with Crippen LogP contribution in [0.4, 0.5) is 0 Å². The summed E-state index contributed by atoms with van der Waals surface area (Å²) in [5, 5.41) is 7.85. The third-order valence-corrected chi connectivity index (χ3v) is 0.432. The molecule has 0 radical (unpaired) electrons. The van der Waals surface area contributed by atoms with Crippen LogP contribution < -0.4 is 64.8 Å². The number of carbonyl (C=O) groups is 1. The quantitative estimate of drug-likeness (QED) is 0.226. The molecule has 0 fully saturated rings. The van der Waals surface area contributed by atoms with E-state index in [4.69, 9.17) is 5.26 Å². The van der Waals surface area contributed by atoms with Gasteiger partial charge in [0.25, 0.3) is 5.91 Å². The predicted octanol–water partition coefficient (Wildman–Crippen LogP) is -6.22. The van der Waals surface area contributed by atoms with E-state index in [1.807, 2.05) is 0 Å². The van der Waals surface area contributed by atoms with Crippen molar-refractivity contribution in [2.45, 2.75) is 0 Å². The summed E-state index contributed by atoms with van der Waals surface area (Å²) in [5.74, 6) is -0.762. The largest absolute Gasteiger partial charge is 1.00 e. The first-order valence-electron chi connectivity index (χ1n) is 1.57. The molecular formula is C4H6N2Na2O. The zero-order chi connectivity index (χ0) is 5.86. The van der Waals surface area contributed by atoms with Crippen LogP contribution in [0.2, 0.25) is 0 Å². The maximum absolute atomic E-state index is 9.83. The van der Waals surface area contributed by atoms with Crippen LogP contribution in [0.3, 0.4) is 0 Å². The average molecular weight is 144 g/mol. The first-order chi connectivity index (χ1) is 3.18. The van der Waals surface area contributed by atoms with Gasteiger partial charge in [-0.05, 0) is 0 Å². The number of nitrogens with zero attached hydrogens (tertiary/aromatic N) is 1. The minimum Gasteiger partial charge on any atom is -1.00 e. The monoisotopic (exact) mass is 144 g/mol. The zero-order valence-electron chi connectivity index (χ0n) is 7.64. The topological polar surface area (TPSA) is 66.9 Å². The number of nitriles is 1. The third-order valence-electron chi connectivity index (χ3n) is 0.432. The molecule has 0 bridgehead atoms. The van der Waals surface area contributed by atoms with Crippen LogP contribution in [-0.2, 0) is 4.79 Å². The molecule has 0 aromatic rings. The molecule has 0 rings (SSSR count). The molecule has 5 heteroatoms. The SMILES string of the molecule is C=C(C#N)C(N)=O.[H-].[H-].[Na+].[Na+]. The van der Waals surface area contributed by atoms with Crippen molar-refractivity contribution in [3.8, 4) is 6.07 Å². The van der Waals surface area contributed by atoms with Crippen molar-refractivity contribution in [1.29, 1.82) is 5.26 Å². The van der Waals surface area contributed by atoms with Crippen molar-refractivity contribution in [2.24, 2.45) is 5.73 Å². The Morgan fingerprint density at radius 2 is 2.00 bits per heavy atom. The van der Waals surface area contributed by atoms with Gasteiger partial charge in [-0.15, -0.1) is 0 Å². The van der Waals surface area contributed by atoms with E-state index < -0.39 is 5.91 Å². The third kappa shape index (κ3) is 8.70.